The van der Waals surface area contributed by atoms with E-state index in [2.05, 4.69) is 20.4 Å². The molecule has 1 aliphatic carbocycles. The van der Waals surface area contributed by atoms with Crippen LogP contribution in [0.4, 0.5) is 10.4 Å². The Labute approximate surface area is 209 Å². The fraction of sp³-hybridized carbons (Fsp3) is 0.538. The molecule has 2 N–H and O–H groups in total. The number of carbonyl (C=O) groups is 2. The Morgan fingerprint density at radius 3 is 2.81 bits per heavy atom. The van der Waals surface area contributed by atoms with Crippen molar-refractivity contribution in [1.82, 2.24) is 15.5 Å². The normalized spacial score (nSPS) is 20.2. The van der Waals surface area contributed by atoms with Gasteiger partial charge in [0.1, 0.15) is 13.2 Å². The predicted octanol–water partition coefficient (Wildman–Crippen LogP) is 4.15. The zero-order chi connectivity index (χ0) is 25.7. The van der Waals surface area contributed by atoms with Crippen molar-refractivity contribution in [3.63, 3.8) is 0 Å². The Balaban J connectivity index is 1.35. The van der Waals surface area contributed by atoms with Crippen LogP contribution in [0.15, 0.2) is 28.8 Å². The standard InChI is InChI=1S/C26H33FN4O5/c1-16(2)24-29-26(36-30-24)31-12-4-3-5-20(31)15-35-22-11-10-19(13-21(22)27)17-6-8-18(9-7-17)25(34)28-14-23(32)33/h6,10-11,13,16,18,20H,3-5,7-9,12,14-15H2,1-2H3,(H,28,34)(H,32,33). The van der Waals surface area contributed by atoms with Gasteiger partial charge in [0.2, 0.25) is 5.91 Å². The number of carbonyl (C=O) groups excluding carboxylic acids is 1. The molecule has 1 aliphatic heterocycles. The molecule has 9 nitrogen and oxygen atoms in total. The molecule has 0 radical (unpaired) electrons. The molecule has 1 amide bonds. The van der Waals surface area contributed by atoms with Crippen LogP contribution in [-0.2, 0) is 9.59 Å². The van der Waals surface area contributed by atoms with Gasteiger partial charge in [-0.25, -0.2) is 4.39 Å². The summed E-state index contributed by atoms with van der Waals surface area (Å²) in [4.78, 5) is 29.3. The van der Waals surface area contributed by atoms with E-state index in [1.807, 2.05) is 26.0 Å². The van der Waals surface area contributed by atoms with Crippen molar-refractivity contribution in [3.05, 3.63) is 41.5 Å². The molecule has 2 aromatic rings. The number of hydrogen-bond donors (Lipinski definition) is 2. The van der Waals surface area contributed by atoms with E-state index < -0.39 is 11.8 Å². The van der Waals surface area contributed by atoms with E-state index in [1.165, 1.54) is 6.07 Å². The van der Waals surface area contributed by atoms with Gasteiger partial charge < -0.3 is 24.6 Å². The summed E-state index contributed by atoms with van der Waals surface area (Å²) in [5.41, 5.74) is 1.73. The topological polar surface area (TPSA) is 118 Å². The maximum atomic E-state index is 14.9. The van der Waals surface area contributed by atoms with Gasteiger partial charge in [0, 0.05) is 18.4 Å². The first-order valence-corrected chi connectivity index (χ1v) is 12.5. The Kier molecular flexibility index (Phi) is 8.22. The van der Waals surface area contributed by atoms with Crippen molar-refractivity contribution in [2.24, 2.45) is 5.92 Å². The highest BCUT2D eigenvalue weighted by Gasteiger charge is 2.28. The third-order valence-corrected chi connectivity index (χ3v) is 6.75. The summed E-state index contributed by atoms with van der Waals surface area (Å²) in [5, 5.41) is 15.2. The summed E-state index contributed by atoms with van der Waals surface area (Å²) < 4.78 is 26.3. The Morgan fingerprint density at radius 1 is 1.31 bits per heavy atom. The van der Waals surface area contributed by atoms with Crippen LogP contribution in [0, 0.1) is 11.7 Å². The van der Waals surface area contributed by atoms with Crippen LogP contribution in [0.2, 0.25) is 0 Å². The van der Waals surface area contributed by atoms with Crippen molar-refractivity contribution in [2.75, 3.05) is 24.6 Å². The summed E-state index contributed by atoms with van der Waals surface area (Å²) in [6.07, 6.45) is 6.60. The lowest BCUT2D eigenvalue weighted by atomic mass is 9.86. The molecule has 2 atom stereocenters. The van der Waals surface area contributed by atoms with Crippen molar-refractivity contribution in [1.29, 1.82) is 0 Å². The van der Waals surface area contributed by atoms with E-state index in [9.17, 15) is 14.0 Å². The van der Waals surface area contributed by atoms with Crippen LogP contribution in [0.5, 0.6) is 5.75 Å². The number of rotatable bonds is 9. The number of piperidine rings is 1. The van der Waals surface area contributed by atoms with Gasteiger partial charge in [-0.3, -0.25) is 9.59 Å². The average Bonchev–Trinajstić information content (AvgIpc) is 3.37. The zero-order valence-electron chi connectivity index (χ0n) is 20.7. The van der Waals surface area contributed by atoms with Crippen LogP contribution >= 0.6 is 0 Å². The first kappa shape index (κ1) is 25.7. The molecule has 0 saturated carbocycles. The van der Waals surface area contributed by atoms with Crippen LogP contribution in [0.25, 0.3) is 5.57 Å². The van der Waals surface area contributed by atoms with Gasteiger partial charge in [-0.05, 0) is 61.8 Å². The number of nitrogens with one attached hydrogen (secondary N) is 1. The van der Waals surface area contributed by atoms with E-state index in [0.717, 1.165) is 36.9 Å². The van der Waals surface area contributed by atoms with E-state index >= 15 is 0 Å². The number of halogens is 1. The number of anilines is 1. The SMILES string of the molecule is CC(C)c1noc(N2CCCCC2COc2ccc(C3=CCC(C(=O)NCC(=O)O)CC3)cc2F)n1. The molecule has 36 heavy (non-hydrogen) atoms. The van der Waals surface area contributed by atoms with E-state index in [0.29, 0.717) is 37.7 Å². The van der Waals surface area contributed by atoms with E-state index in [1.54, 1.807) is 6.07 Å². The molecule has 0 spiro atoms. The van der Waals surface area contributed by atoms with Gasteiger partial charge in [0.05, 0.1) is 6.04 Å². The minimum Gasteiger partial charge on any atom is -0.488 e. The van der Waals surface area contributed by atoms with Gasteiger partial charge in [-0.15, -0.1) is 0 Å². The smallest absolute Gasteiger partial charge is 0.324 e. The molecular weight excluding hydrogens is 467 g/mol. The lowest BCUT2D eigenvalue weighted by Crippen LogP contribution is -2.43. The summed E-state index contributed by atoms with van der Waals surface area (Å²) >= 11 is 0. The second-order valence-corrected chi connectivity index (χ2v) is 9.70. The molecule has 1 fully saturated rings. The number of carboxylic acids is 1. The summed E-state index contributed by atoms with van der Waals surface area (Å²) in [7, 11) is 0. The number of allylic oxidation sites excluding steroid dienone is 2. The number of amides is 1. The first-order chi connectivity index (χ1) is 17.3. The summed E-state index contributed by atoms with van der Waals surface area (Å²) in [6.45, 7) is 4.74. The number of ether oxygens (including phenoxy) is 1. The van der Waals surface area contributed by atoms with Crippen LogP contribution < -0.4 is 15.0 Å². The van der Waals surface area contributed by atoms with Crippen molar-refractivity contribution in [3.8, 4) is 5.75 Å². The Hall–Kier alpha value is -3.43. The number of hydrogen-bond acceptors (Lipinski definition) is 7. The number of carboxylic acid groups (broad SMARTS) is 1. The van der Waals surface area contributed by atoms with Gasteiger partial charge in [0.25, 0.3) is 0 Å². The quantitative estimate of drug-likeness (QED) is 0.527. The Bertz CT molecular complexity index is 1120. The molecule has 4 rings (SSSR count). The number of aromatic nitrogens is 2. The highest BCUT2D eigenvalue weighted by Crippen LogP contribution is 2.33. The molecular formula is C26H33FN4O5. The molecule has 0 bridgehead atoms. The molecule has 1 aromatic carbocycles. The predicted molar refractivity (Wildman–Crippen MR) is 131 cm³/mol. The first-order valence-electron chi connectivity index (χ1n) is 12.5. The highest BCUT2D eigenvalue weighted by molar-refractivity contribution is 5.84. The second kappa shape index (κ2) is 11.5. The average molecular weight is 501 g/mol. The number of nitrogens with zero attached hydrogens (tertiary/aromatic N) is 3. The third-order valence-electron chi connectivity index (χ3n) is 6.75. The minimum atomic E-state index is -1.07. The highest BCUT2D eigenvalue weighted by atomic mass is 19.1. The number of aliphatic carboxylic acids is 1. The van der Waals surface area contributed by atoms with Crippen LogP contribution in [-0.4, -0.2) is 52.9 Å². The third kappa shape index (κ3) is 6.22. The fourth-order valence-corrected chi connectivity index (χ4v) is 4.65. The van der Waals surface area contributed by atoms with Crippen molar-refractivity contribution in [2.45, 2.75) is 64.3 Å². The van der Waals surface area contributed by atoms with Crippen molar-refractivity contribution >= 4 is 23.5 Å². The van der Waals surface area contributed by atoms with Crippen LogP contribution in [0.1, 0.15) is 69.7 Å². The van der Waals surface area contributed by atoms with Crippen LogP contribution in [0.3, 0.4) is 0 Å². The maximum absolute atomic E-state index is 14.9. The van der Waals surface area contributed by atoms with Gasteiger partial charge in [-0.2, -0.15) is 4.98 Å². The van der Waals surface area contributed by atoms with Gasteiger partial charge in [0.15, 0.2) is 17.4 Å². The molecule has 1 saturated heterocycles. The lowest BCUT2D eigenvalue weighted by Gasteiger charge is -2.33. The summed E-state index contributed by atoms with van der Waals surface area (Å²) in [6, 6.07) is 5.46. The lowest BCUT2D eigenvalue weighted by molar-refractivity contribution is -0.138. The molecule has 2 heterocycles. The minimum absolute atomic E-state index is 0.0172. The monoisotopic (exact) mass is 500 g/mol. The largest absolute Gasteiger partial charge is 0.488 e. The second-order valence-electron chi connectivity index (χ2n) is 9.70. The number of benzene rings is 1. The molecule has 194 valence electrons. The van der Waals surface area contributed by atoms with Gasteiger partial charge in [-0.1, -0.05) is 31.1 Å². The molecule has 2 unspecified atom stereocenters. The molecule has 10 heteroatoms. The van der Waals surface area contributed by atoms with Crippen molar-refractivity contribution < 1.29 is 28.3 Å². The fourth-order valence-electron chi connectivity index (χ4n) is 4.65. The van der Waals surface area contributed by atoms with E-state index in [-0.39, 0.29) is 36.1 Å². The zero-order valence-corrected chi connectivity index (χ0v) is 20.7. The maximum Gasteiger partial charge on any atom is 0.324 e. The molecule has 2 aliphatic rings. The molecule has 1 aromatic heterocycles. The summed E-state index contributed by atoms with van der Waals surface area (Å²) in [5.74, 6) is -0.999. The van der Waals surface area contributed by atoms with Gasteiger partial charge >= 0.3 is 12.0 Å². The van der Waals surface area contributed by atoms with E-state index in [4.69, 9.17) is 14.4 Å². The Morgan fingerprint density at radius 2 is 2.14 bits per heavy atom.